The fourth-order valence-electron chi connectivity index (χ4n) is 2.07. The lowest BCUT2D eigenvalue weighted by Gasteiger charge is -2.28. The zero-order valence-electron chi connectivity index (χ0n) is 11.3. The van der Waals surface area contributed by atoms with Crippen molar-refractivity contribution in [2.24, 2.45) is 0 Å². The molecule has 0 saturated carbocycles. The van der Waals surface area contributed by atoms with Gasteiger partial charge in [-0.1, -0.05) is 6.07 Å². The zero-order valence-corrected chi connectivity index (χ0v) is 11.3. The first-order valence-corrected chi connectivity index (χ1v) is 6.47. The van der Waals surface area contributed by atoms with E-state index in [0.29, 0.717) is 0 Å². The molecule has 0 bridgehead atoms. The van der Waals surface area contributed by atoms with Gasteiger partial charge < -0.3 is 15.2 Å². The molecular formula is C13H14F4N2O3. The van der Waals surface area contributed by atoms with Crippen LogP contribution in [0.4, 0.5) is 28.0 Å². The molecule has 1 aromatic carbocycles. The predicted octanol–water partition coefficient (Wildman–Crippen LogP) is 2.33. The Labute approximate surface area is 123 Å². The first-order valence-electron chi connectivity index (χ1n) is 6.47. The topological polar surface area (TPSA) is 61.8 Å². The van der Waals surface area contributed by atoms with Crippen molar-refractivity contribution in [2.45, 2.75) is 24.9 Å². The maximum absolute atomic E-state index is 13.0. The Morgan fingerprint density at radius 3 is 2.68 bits per heavy atom. The summed E-state index contributed by atoms with van der Waals surface area (Å²) in [7, 11) is 0. The minimum atomic E-state index is -4.68. The van der Waals surface area contributed by atoms with E-state index >= 15 is 0 Å². The van der Waals surface area contributed by atoms with Gasteiger partial charge in [-0.15, -0.1) is 0 Å². The van der Waals surface area contributed by atoms with E-state index in [1.807, 2.05) is 0 Å². The second-order valence-corrected chi connectivity index (χ2v) is 4.77. The quantitative estimate of drug-likeness (QED) is 0.817. The third-order valence-corrected chi connectivity index (χ3v) is 3.16. The van der Waals surface area contributed by atoms with Crippen molar-refractivity contribution in [3.63, 3.8) is 0 Å². The van der Waals surface area contributed by atoms with Gasteiger partial charge in [0.1, 0.15) is 24.7 Å². The van der Waals surface area contributed by atoms with Crippen molar-refractivity contribution >= 4 is 11.8 Å². The van der Waals surface area contributed by atoms with Gasteiger partial charge in [0.2, 0.25) is 0 Å². The number of hydrogen-bond acceptors (Lipinski definition) is 4. The average Bonchev–Trinajstić information content (AvgIpc) is 2.83. The van der Waals surface area contributed by atoms with E-state index in [2.05, 4.69) is 10.1 Å². The fraction of sp³-hybridized carbons (Fsp3) is 0.462. The lowest BCUT2D eigenvalue weighted by Crippen LogP contribution is -2.45. The van der Waals surface area contributed by atoms with Crippen molar-refractivity contribution in [1.29, 1.82) is 0 Å². The molecular weight excluding hydrogens is 308 g/mol. The minimum Gasteiger partial charge on any atom is -0.447 e. The van der Waals surface area contributed by atoms with Crippen molar-refractivity contribution in [1.82, 2.24) is 4.90 Å². The normalized spacial score (nSPS) is 18.0. The Hall–Kier alpha value is -2.03. The average molecular weight is 322 g/mol. The van der Waals surface area contributed by atoms with Gasteiger partial charge in [0.05, 0.1) is 6.54 Å². The highest BCUT2D eigenvalue weighted by molar-refractivity contribution is 5.69. The number of hydrogen-bond donors (Lipinski definition) is 2. The van der Waals surface area contributed by atoms with Crippen molar-refractivity contribution in [2.75, 3.05) is 18.5 Å². The van der Waals surface area contributed by atoms with E-state index < -0.39 is 36.8 Å². The first-order chi connectivity index (χ1) is 10.3. The van der Waals surface area contributed by atoms with Crippen LogP contribution in [0.3, 0.4) is 0 Å². The summed E-state index contributed by atoms with van der Waals surface area (Å²) in [5, 5.41) is 11.9. The minimum absolute atomic E-state index is 0.0178. The highest BCUT2D eigenvalue weighted by Gasteiger charge is 2.43. The number of cyclic esters (lactones) is 1. The number of halogens is 4. The maximum atomic E-state index is 13.0. The van der Waals surface area contributed by atoms with Crippen LogP contribution in [-0.2, 0) is 4.74 Å². The monoisotopic (exact) mass is 322 g/mol. The molecule has 9 heteroatoms. The molecule has 2 unspecified atom stereocenters. The molecule has 1 aromatic rings. The van der Waals surface area contributed by atoms with Gasteiger partial charge in [0.15, 0.2) is 0 Å². The molecule has 1 aliphatic heterocycles. The number of aliphatic hydroxyl groups excluding tert-OH is 1. The van der Waals surface area contributed by atoms with Crippen LogP contribution in [-0.4, -0.2) is 47.7 Å². The number of carbonyl (C=O) groups excluding carboxylic acids is 1. The zero-order chi connectivity index (χ0) is 16.3. The summed E-state index contributed by atoms with van der Waals surface area (Å²) in [4.78, 5) is 12.1. The fourth-order valence-corrected chi connectivity index (χ4v) is 2.07. The molecule has 2 atom stereocenters. The highest BCUT2D eigenvalue weighted by atomic mass is 19.4. The second-order valence-electron chi connectivity index (χ2n) is 4.77. The molecule has 1 saturated heterocycles. The van der Waals surface area contributed by atoms with Gasteiger partial charge in [-0.25, -0.2) is 9.18 Å². The number of aliphatic hydroxyl groups is 1. The Bertz CT molecular complexity index is 538. The van der Waals surface area contributed by atoms with Crippen LogP contribution in [0.5, 0.6) is 0 Å². The molecule has 0 radical (unpaired) electrons. The third kappa shape index (κ3) is 4.00. The van der Waals surface area contributed by atoms with Crippen LogP contribution in [0.15, 0.2) is 24.3 Å². The number of nitrogens with zero attached hydrogens (tertiary/aromatic N) is 1. The number of ether oxygens (including phenoxy) is 1. The molecule has 0 spiro atoms. The summed E-state index contributed by atoms with van der Waals surface area (Å²) < 4.78 is 56.7. The number of carbonyl (C=O) groups is 1. The second kappa shape index (κ2) is 6.39. The molecule has 22 heavy (non-hydrogen) atoms. The van der Waals surface area contributed by atoms with Gasteiger partial charge in [-0.3, -0.25) is 4.90 Å². The van der Waals surface area contributed by atoms with Crippen LogP contribution in [0.1, 0.15) is 6.42 Å². The molecule has 1 amide bonds. The van der Waals surface area contributed by atoms with Gasteiger partial charge in [0, 0.05) is 12.1 Å². The molecule has 2 rings (SSSR count). The summed E-state index contributed by atoms with van der Waals surface area (Å²) in [6.45, 7) is 0.0362. The molecule has 1 heterocycles. The van der Waals surface area contributed by atoms with Gasteiger partial charge >= 0.3 is 12.3 Å². The van der Waals surface area contributed by atoms with Crippen LogP contribution < -0.4 is 5.32 Å². The molecule has 1 aliphatic rings. The first kappa shape index (κ1) is 16.3. The Balaban J connectivity index is 2.08. The number of amides is 1. The SMILES string of the molecule is O=C1OCCN1C(O)CC(Nc1cccc(F)c1)C(F)(F)F. The summed E-state index contributed by atoms with van der Waals surface area (Å²) in [5.74, 6) is -0.686. The lowest BCUT2D eigenvalue weighted by atomic mass is 10.1. The molecule has 0 aliphatic carbocycles. The third-order valence-electron chi connectivity index (χ3n) is 3.16. The van der Waals surface area contributed by atoms with E-state index in [1.165, 1.54) is 12.1 Å². The van der Waals surface area contributed by atoms with E-state index in [4.69, 9.17) is 0 Å². The van der Waals surface area contributed by atoms with E-state index in [1.54, 1.807) is 0 Å². The van der Waals surface area contributed by atoms with Crippen LogP contribution in [0, 0.1) is 5.82 Å². The van der Waals surface area contributed by atoms with Crippen molar-refractivity contribution in [3.8, 4) is 0 Å². The number of nitrogens with one attached hydrogen (secondary N) is 1. The molecule has 122 valence electrons. The summed E-state index contributed by atoms with van der Waals surface area (Å²) in [5.41, 5.74) is -0.0708. The van der Waals surface area contributed by atoms with Crippen LogP contribution in [0.2, 0.25) is 0 Å². The molecule has 1 fully saturated rings. The van der Waals surface area contributed by atoms with Gasteiger partial charge in [-0.2, -0.15) is 13.2 Å². The maximum Gasteiger partial charge on any atom is 0.412 e. The number of rotatable bonds is 5. The van der Waals surface area contributed by atoms with Crippen molar-refractivity contribution in [3.05, 3.63) is 30.1 Å². The number of benzene rings is 1. The van der Waals surface area contributed by atoms with E-state index in [-0.39, 0.29) is 18.8 Å². The van der Waals surface area contributed by atoms with Gasteiger partial charge in [0.25, 0.3) is 0 Å². The number of anilines is 1. The van der Waals surface area contributed by atoms with E-state index in [9.17, 15) is 27.5 Å². The number of alkyl halides is 3. The molecule has 5 nitrogen and oxygen atoms in total. The van der Waals surface area contributed by atoms with E-state index in [0.717, 1.165) is 17.0 Å². The Morgan fingerprint density at radius 2 is 2.14 bits per heavy atom. The Kier molecular flexibility index (Phi) is 4.74. The molecule has 0 aromatic heterocycles. The largest absolute Gasteiger partial charge is 0.447 e. The van der Waals surface area contributed by atoms with Crippen LogP contribution in [0.25, 0.3) is 0 Å². The summed E-state index contributed by atoms with van der Waals surface area (Å²) in [6, 6.07) is 2.41. The standard InChI is InChI=1S/C13H14F4N2O3/c14-8-2-1-3-9(6-8)18-10(13(15,16)17)7-11(20)19-4-5-22-12(19)21/h1-3,6,10-11,18,20H,4-5,7H2. The van der Waals surface area contributed by atoms with Crippen LogP contribution >= 0.6 is 0 Å². The summed E-state index contributed by atoms with van der Waals surface area (Å²) >= 11 is 0. The van der Waals surface area contributed by atoms with Gasteiger partial charge in [-0.05, 0) is 18.2 Å². The summed E-state index contributed by atoms with van der Waals surface area (Å²) in [6.07, 6.45) is -7.99. The Morgan fingerprint density at radius 1 is 1.41 bits per heavy atom. The lowest BCUT2D eigenvalue weighted by molar-refractivity contribution is -0.152. The predicted molar refractivity (Wildman–Crippen MR) is 68.5 cm³/mol. The van der Waals surface area contributed by atoms with Crippen molar-refractivity contribution < 1.29 is 32.2 Å². The molecule has 2 N–H and O–H groups in total. The smallest absolute Gasteiger partial charge is 0.412 e. The highest BCUT2D eigenvalue weighted by Crippen LogP contribution is 2.28.